The van der Waals surface area contributed by atoms with E-state index in [0.717, 1.165) is 18.5 Å². The topological polar surface area (TPSA) is 41.1 Å². The molecule has 0 aliphatic carbocycles. The Bertz CT molecular complexity index is 476. The molecule has 0 amide bonds. The fourth-order valence-corrected chi connectivity index (χ4v) is 2.51. The van der Waals surface area contributed by atoms with Crippen LogP contribution in [0.25, 0.3) is 0 Å². The van der Waals surface area contributed by atoms with Crippen molar-refractivity contribution in [1.82, 2.24) is 9.97 Å². The zero-order valence-corrected chi connectivity index (χ0v) is 12.4. The van der Waals surface area contributed by atoms with E-state index in [1.165, 1.54) is 0 Å². The second-order valence-electron chi connectivity index (χ2n) is 5.45. The molecule has 0 radical (unpaired) electrons. The monoisotopic (exact) mass is 302 g/mol. The maximum Gasteiger partial charge on any atom is 0.393 e. The lowest BCUT2D eigenvalue weighted by molar-refractivity contribution is -0.176. The summed E-state index contributed by atoms with van der Waals surface area (Å²) in [4.78, 5) is 10.3. The predicted molar refractivity (Wildman–Crippen MR) is 76.5 cm³/mol. The molecule has 0 aromatic carbocycles. The van der Waals surface area contributed by atoms with Gasteiger partial charge in [0.25, 0.3) is 0 Å². The number of anilines is 2. The van der Waals surface area contributed by atoms with Crippen LogP contribution < -0.4 is 10.2 Å². The van der Waals surface area contributed by atoms with Crippen molar-refractivity contribution in [2.75, 3.05) is 29.9 Å². The Morgan fingerprint density at radius 2 is 2.19 bits per heavy atom. The van der Waals surface area contributed by atoms with Gasteiger partial charge in [0.1, 0.15) is 5.82 Å². The molecule has 1 fully saturated rings. The molecule has 7 heteroatoms. The first-order chi connectivity index (χ1) is 9.91. The van der Waals surface area contributed by atoms with Crippen LogP contribution in [0.5, 0.6) is 0 Å². The maximum atomic E-state index is 12.9. The SMILES string of the molecule is CCCNc1ncc(C)c(N2CCCC(C(F)(F)F)C2)n1. The molecule has 4 nitrogen and oxygen atoms in total. The first-order valence-electron chi connectivity index (χ1n) is 7.31. The van der Waals surface area contributed by atoms with Gasteiger partial charge in [0.05, 0.1) is 5.92 Å². The van der Waals surface area contributed by atoms with Crippen molar-refractivity contribution in [1.29, 1.82) is 0 Å². The molecule has 0 spiro atoms. The second-order valence-corrected chi connectivity index (χ2v) is 5.45. The number of aromatic nitrogens is 2. The Morgan fingerprint density at radius 1 is 1.43 bits per heavy atom. The van der Waals surface area contributed by atoms with Crippen molar-refractivity contribution >= 4 is 11.8 Å². The highest BCUT2D eigenvalue weighted by atomic mass is 19.4. The Morgan fingerprint density at radius 3 is 2.86 bits per heavy atom. The van der Waals surface area contributed by atoms with Gasteiger partial charge in [-0.25, -0.2) is 4.98 Å². The largest absolute Gasteiger partial charge is 0.393 e. The summed E-state index contributed by atoms with van der Waals surface area (Å²) in [6.45, 7) is 5.19. The van der Waals surface area contributed by atoms with E-state index in [4.69, 9.17) is 0 Å². The first-order valence-corrected chi connectivity index (χ1v) is 7.31. The van der Waals surface area contributed by atoms with E-state index < -0.39 is 12.1 Å². The van der Waals surface area contributed by atoms with E-state index in [1.54, 1.807) is 11.1 Å². The Hall–Kier alpha value is -1.53. The summed E-state index contributed by atoms with van der Waals surface area (Å²) in [7, 11) is 0. The van der Waals surface area contributed by atoms with Crippen LogP contribution in [-0.4, -0.2) is 35.8 Å². The number of hydrogen-bond donors (Lipinski definition) is 1. The Balaban J connectivity index is 2.16. The van der Waals surface area contributed by atoms with Crippen molar-refractivity contribution < 1.29 is 13.2 Å². The number of aryl methyl sites for hydroxylation is 1. The number of piperidine rings is 1. The number of rotatable bonds is 4. The summed E-state index contributed by atoms with van der Waals surface area (Å²) < 4.78 is 38.7. The van der Waals surface area contributed by atoms with Crippen molar-refractivity contribution in [3.63, 3.8) is 0 Å². The highest BCUT2D eigenvalue weighted by Crippen LogP contribution is 2.35. The van der Waals surface area contributed by atoms with Crippen LogP contribution >= 0.6 is 0 Å². The minimum Gasteiger partial charge on any atom is -0.356 e. The standard InChI is InChI=1S/C14H21F3N4/c1-3-6-18-13-19-8-10(2)12(20-13)21-7-4-5-11(9-21)14(15,16)17/h8,11H,3-7,9H2,1-2H3,(H,18,19,20). The summed E-state index contributed by atoms with van der Waals surface area (Å²) in [6, 6.07) is 0. The smallest absolute Gasteiger partial charge is 0.356 e. The number of hydrogen-bond acceptors (Lipinski definition) is 4. The molecule has 1 atom stereocenters. The minimum atomic E-state index is -4.14. The van der Waals surface area contributed by atoms with E-state index in [1.807, 2.05) is 13.8 Å². The van der Waals surface area contributed by atoms with Gasteiger partial charge in [0.2, 0.25) is 5.95 Å². The van der Waals surface area contributed by atoms with E-state index in [2.05, 4.69) is 15.3 Å². The van der Waals surface area contributed by atoms with E-state index in [0.29, 0.717) is 24.7 Å². The third-order valence-corrected chi connectivity index (χ3v) is 3.66. The van der Waals surface area contributed by atoms with Gasteiger partial charge in [-0.2, -0.15) is 18.2 Å². The third-order valence-electron chi connectivity index (χ3n) is 3.66. The normalized spacial score (nSPS) is 19.7. The number of alkyl halides is 3. The summed E-state index contributed by atoms with van der Waals surface area (Å²) in [5.74, 6) is -0.184. The zero-order valence-electron chi connectivity index (χ0n) is 12.4. The van der Waals surface area contributed by atoms with Crippen molar-refractivity contribution in [2.24, 2.45) is 5.92 Å². The van der Waals surface area contributed by atoms with Gasteiger partial charge in [0.15, 0.2) is 0 Å². The molecule has 21 heavy (non-hydrogen) atoms. The molecular weight excluding hydrogens is 281 g/mol. The summed E-state index contributed by atoms with van der Waals surface area (Å²) in [5.41, 5.74) is 0.805. The molecule has 2 heterocycles. The Labute approximate surface area is 122 Å². The third kappa shape index (κ3) is 3.98. The molecular formula is C14H21F3N4. The van der Waals surface area contributed by atoms with Gasteiger partial charge < -0.3 is 10.2 Å². The van der Waals surface area contributed by atoms with Gasteiger partial charge in [-0.1, -0.05) is 6.92 Å². The fourth-order valence-electron chi connectivity index (χ4n) is 2.51. The maximum absolute atomic E-state index is 12.9. The lowest BCUT2D eigenvalue weighted by Crippen LogP contribution is -2.42. The highest BCUT2D eigenvalue weighted by Gasteiger charge is 2.42. The van der Waals surface area contributed by atoms with E-state index in [9.17, 15) is 13.2 Å². The minimum absolute atomic E-state index is 0.0193. The molecule has 0 bridgehead atoms. The predicted octanol–water partition coefficient (Wildman–Crippen LogP) is 3.39. The van der Waals surface area contributed by atoms with E-state index in [-0.39, 0.29) is 13.0 Å². The quantitative estimate of drug-likeness (QED) is 0.925. The van der Waals surface area contributed by atoms with Gasteiger partial charge >= 0.3 is 6.18 Å². The van der Waals surface area contributed by atoms with Crippen LogP contribution in [0.3, 0.4) is 0 Å². The fraction of sp³-hybridized carbons (Fsp3) is 0.714. The molecule has 118 valence electrons. The average Bonchev–Trinajstić information content (AvgIpc) is 2.45. The Kier molecular flexibility index (Phi) is 4.90. The van der Waals surface area contributed by atoms with Crippen LogP contribution in [0, 0.1) is 12.8 Å². The van der Waals surface area contributed by atoms with Crippen LogP contribution in [-0.2, 0) is 0 Å². The zero-order chi connectivity index (χ0) is 15.5. The average molecular weight is 302 g/mol. The van der Waals surface area contributed by atoms with Crippen LogP contribution in [0.4, 0.5) is 24.9 Å². The van der Waals surface area contributed by atoms with Crippen molar-refractivity contribution in [3.05, 3.63) is 11.8 Å². The van der Waals surface area contributed by atoms with Crippen LogP contribution in [0.15, 0.2) is 6.20 Å². The van der Waals surface area contributed by atoms with Crippen molar-refractivity contribution in [3.8, 4) is 0 Å². The van der Waals surface area contributed by atoms with Crippen LogP contribution in [0.2, 0.25) is 0 Å². The highest BCUT2D eigenvalue weighted by molar-refractivity contribution is 5.49. The summed E-state index contributed by atoms with van der Waals surface area (Å²) in [5, 5.41) is 3.07. The first kappa shape index (κ1) is 15.9. The molecule has 1 aromatic heterocycles. The van der Waals surface area contributed by atoms with E-state index >= 15 is 0 Å². The van der Waals surface area contributed by atoms with Gasteiger partial charge in [-0.3, -0.25) is 0 Å². The van der Waals surface area contributed by atoms with Crippen molar-refractivity contribution in [2.45, 2.75) is 39.3 Å². The molecule has 1 aliphatic heterocycles. The number of halogens is 3. The lowest BCUT2D eigenvalue weighted by Gasteiger charge is -2.35. The van der Waals surface area contributed by atoms with Gasteiger partial charge in [-0.15, -0.1) is 0 Å². The van der Waals surface area contributed by atoms with Gasteiger partial charge in [0, 0.05) is 31.4 Å². The molecule has 1 unspecified atom stereocenters. The molecule has 2 rings (SSSR count). The second kappa shape index (κ2) is 6.49. The molecule has 1 aliphatic rings. The number of nitrogens with one attached hydrogen (secondary N) is 1. The summed E-state index contributed by atoms with van der Waals surface area (Å²) in [6.07, 6.45) is -0.802. The van der Waals surface area contributed by atoms with Crippen LogP contribution in [0.1, 0.15) is 31.7 Å². The molecule has 1 N–H and O–H groups in total. The lowest BCUT2D eigenvalue weighted by atomic mass is 9.97. The molecule has 0 saturated carbocycles. The molecule has 1 aromatic rings. The van der Waals surface area contributed by atoms with Gasteiger partial charge in [-0.05, 0) is 26.2 Å². The summed E-state index contributed by atoms with van der Waals surface area (Å²) >= 11 is 0. The number of nitrogens with zero attached hydrogens (tertiary/aromatic N) is 3. The molecule has 1 saturated heterocycles.